The molecule has 4 heterocycles. The zero-order valence-electron chi connectivity index (χ0n) is 18.4. The van der Waals surface area contributed by atoms with Crippen LogP contribution in [0.2, 0.25) is 0 Å². The van der Waals surface area contributed by atoms with Crippen molar-refractivity contribution in [2.75, 3.05) is 25.5 Å². The van der Waals surface area contributed by atoms with Gasteiger partial charge in [-0.2, -0.15) is 0 Å². The molecule has 3 aliphatic rings. The Hall–Kier alpha value is -2.76. The monoisotopic (exact) mass is 426 g/mol. The third-order valence-electron chi connectivity index (χ3n) is 7.68. The zero-order valence-corrected chi connectivity index (χ0v) is 18.4. The Morgan fingerprint density at radius 3 is 2.50 bits per heavy atom. The minimum absolute atomic E-state index is 0.441. The lowest BCUT2D eigenvalue weighted by Gasteiger charge is -2.27. The molecule has 164 valence electrons. The summed E-state index contributed by atoms with van der Waals surface area (Å²) >= 11 is 0. The van der Waals surface area contributed by atoms with Gasteiger partial charge in [0.15, 0.2) is 0 Å². The number of aromatic nitrogens is 2. The first-order valence-electron chi connectivity index (χ1n) is 11.8. The van der Waals surface area contributed by atoms with Gasteiger partial charge in [0.1, 0.15) is 5.82 Å². The molecular weight excluding hydrogens is 396 g/mol. The molecular formula is C27H30N4O. The Kier molecular flexibility index (Phi) is 4.96. The Labute approximate surface area is 189 Å². The van der Waals surface area contributed by atoms with Gasteiger partial charge in [-0.05, 0) is 90.0 Å². The van der Waals surface area contributed by atoms with Crippen LogP contribution in [0, 0.1) is 5.41 Å². The van der Waals surface area contributed by atoms with Crippen LogP contribution in [0.4, 0.5) is 5.82 Å². The van der Waals surface area contributed by atoms with Gasteiger partial charge in [-0.25, -0.2) is 4.98 Å². The third-order valence-corrected chi connectivity index (χ3v) is 7.68. The molecule has 1 aliphatic carbocycles. The van der Waals surface area contributed by atoms with Gasteiger partial charge < -0.3 is 15.8 Å². The molecule has 5 heteroatoms. The summed E-state index contributed by atoms with van der Waals surface area (Å²) in [6.07, 6.45) is 11.7. The van der Waals surface area contributed by atoms with E-state index >= 15 is 0 Å². The first kappa shape index (κ1) is 19.9. The first-order chi connectivity index (χ1) is 15.7. The van der Waals surface area contributed by atoms with Crippen molar-refractivity contribution in [2.45, 2.75) is 44.1 Å². The van der Waals surface area contributed by atoms with Crippen LogP contribution < -0.4 is 11.1 Å². The van der Waals surface area contributed by atoms with Crippen LogP contribution in [-0.4, -0.2) is 29.7 Å². The van der Waals surface area contributed by atoms with Crippen molar-refractivity contribution in [2.24, 2.45) is 5.41 Å². The average Bonchev–Trinajstić information content (AvgIpc) is 3.48. The van der Waals surface area contributed by atoms with Crippen molar-refractivity contribution in [3.05, 3.63) is 66.1 Å². The molecule has 6 rings (SSSR count). The van der Waals surface area contributed by atoms with E-state index in [0.717, 1.165) is 49.3 Å². The lowest BCUT2D eigenvalue weighted by atomic mass is 9.83. The number of benzene rings is 1. The van der Waals surface area contributed by atoms with Crippen molar-refractivity contribution < 1.29 is 4.74 Å². The number of nitrogens with two attached hydrogens (primary N) is 1. The van der Waals surface area contributed by atoms with Gasteiger partial charge in [0.25, 0.3) is 0 Å². The molecule has 3 N–H and O–H groups in total. The molecule has 0 amide bonds. The lowest BCUT2D eigenvalue weighted by molar-refractivity contribution is 0.0850. The first-order valence-corrected chi connectivity index (χ1v) is 11.8. The predicted molar refractivity (Wildman–Crippen MR) is 127 cm³/mol. The number of rotatable bonds is 4. The predicted octanol–water partition coefficient (Wildman–Crippen LogP) is 5.10. The molecule has 32 heavy (non-hydrogen) atoms. The minimum atomic E-state index is 0.441. The molecule has 5 nitrogen and oxygen atoms in total. The number of anilines is 1. The van der Waals surface area contributed by atoms with E-state index < -0.39 is 0 Å². The Balaban J connectivity index is 1.40. The summed E-state index contributed by atoms with van der Waals surface area (Å²) in [7, 11) is 0. The second kappa shape index (κ2) is 7.98. The van der Waals surface area contributed by atoms with Crippen LogP contribution in [0.5, 0.6) is 0 Å². The van der Waals surface area contributed by atoms with Gasteiger partial charge in [-0.3, -0.25) is 4.98 Å². The second-order valence-electron chi connectivity index (χ2n) is 9.76. The molecule has 3 fully saturated rings. The fraction of sp³-hybridized carbons (Fsp3) is 0.407. The van der Waals surface area contributed by atoms with Crippen LogP contribution in [0.3, 0.4) is 0 Å². The van der Waals surface area contributed by atoms with Crippen molar-refractivity contribution in [1.82, 2.24) is 15.3 Å². The molecule has 1 saturated carbocycles. The van der Waals surface area contributed by atoms with E-state index in [9.17, 15) is 0 Å². The summed E-state index contributed by atoms with van der Waals surface area (Å²) in [5.74, 6) is 1.13. The highest BCUT2D eigenvalue weighted by Crippen LogP contribution is 2.55. The van der Waals surface area contributed by atoms with Crippen LogP contribution in [-0.2, 0) is 4.74 Å². The highest BCUT2D eigenvalue weighted by Gasteiger charge is 2.48. The van der Waals surface area contributed by atoms with Gasteiger partial charge in [0.2, 0.25) is 0 Å². The summed E-state index contributed by atoms with van der Waals surface area (Å²) in [6.45, 7) is 2.89. The molecule has 0 radical (unpaired) electrons. The molecule has 2 aromatic heterocycles. The molecule has 0 unspecified atom stereocenters. The quantitative estimate of drug-likeness (QED) is 0.607. The van der Waals surface area contributed by atoms with E-state index in [1.165, 1.54) is 36.0 Å². The molecule has 2 aliphatic heterocycles. The maximum Gasteiger partial charge on any atom is 0.131 e. The van der Waals surface area contributed by atoms with Crippen molar-refractivity contribution in [1.29, 1.82) is 0 Å². The maximum atomic E-state index is 6.23. The number of nitrogens with zero attached hydrogens (tertiary/aromatic N) is 2. The highest BCUT2D eigenvalue weighted by atomic mass is 16.5. The normalized spacial score (nSPS) is 22.3. The van der Waals surface area contributed by atoms with Crippen molar-refractivity contribution in [3.8, 4) is 22.3 Å². The van der Waals surface area contributed by atoms with E-state index in [0.29, 0.717) is 23.2 Å². The standard InChI is InChI=1S/C27H30N4O/c28-26-23(18-3-9-29-10-4-18)14-21(16-30-26)20-1-2-22(19-5-11-32-12-6-19)24(13-20)25-15-27(7-8-27)17-31-25/h1-4,9-10,13-14,16,19,25,31H,5-8,11-12,15,17H2,(H2,28,30)/t25-/m1/s1. The molecule has 3 aromatic rings. The number of hydrogen-bond donors (Lipinski definition) is 2. The number of ether oxygens (including phenoxy) is 1. The number of nitrogen functional groups attached to an aromatic ring is 1. The summed E-state index contributed by atoms with van der Waals surface area (Å²) in [5, 5.41) is 3.86. The highest BCUT2D eigenvalue weighted by molar-refractivity contribution is 5.79. The molecule has 1 spiro atoms. The summed E-state index contributed by atoms with van der Waals surface area (Å²) < 4.78 is 5.65. The minimum Gasteiger partial charge on any atom is -0.383 e. The van der Waals surface area contributed by atoms with Crippen molar-refractivity contribution in [3.63, 3.8) is 0 Å². The Bertz CT molecular complexity index is 1120. The average molecular weight is 427 g/mol. The number of pyridine rings is 2. The number of nitrogens with one attached hydrogen (secondary N) is 1. The van der Waals surface area contributed by atoms with Crippen LogP contribution in [0.1, 0.15) is 55.2 Å². The van der Waals surface area contributed by atoms with Gasteiger partial charge in [0, 0.05) is 55.5 Å². The lowest BCUT2D eigenvalue weighted by Crippen LogP contribution is -2.20. The zero-order chi connectivity index (χ0) is 21.5. The second-order valence-corrected chi connectivity index (χ2v) is 9.76. The topological polar surface area (TPSA) is 73.1 Å². The van der Waals surface area contributed by atoms with E-state index in [1.54, 1.807) is 12.4 Å². The van der Waals surface area contributed by atoms with Gasteiger partial charge in [0.05, 0.1) is 0 Å². The fourth-order valence-corrected chi connectivity index (χ4v) is 5.53. The maximum absolute atomic E-state index is 6.23. The van der Waals surface area contributed by atoms with E-state index in [4.69, 9.17) is 10.5 Å². The van der Waals surface area contributed by atoms with Gasteiger partial charge in [-0.15, -0.1) is 0 Å². The van der Waals surface area contributed by atoms with Crippen LogP contribution >= 0.6 is 0 Å². The largest absolute Gasteiger partial charge is 0.383 e. The summed E-state index contributed by atoms with van der Waals surface area (Å²) in [4.78, 5) is 8.66. The van der Waals surface area contributed by atoms with Crippen LogP contribution in [0.15, 0.2) is 55.0 Å². The number of hydrogen-bond acceptors (Lipinski definition) is 5. The van der Waals surface area contributed by atoms with Gasteiger partial charge >= 0.3 is 0 Å². The SMILES string of the molecule is Nc1ncc(-c2ccc(C3CCOCC3)c([C@H]3CC4(CC4)CN3)c2)cc1-c1ccncc1. The van der Waals surface area contributed by atoms with Gasteiger partial charge in [-0.1, -0.05) is 12.1 Å². The van der Waals surface area contributed by atoms with Crippen molar-refractivity contribution >= 4 is 5.82 Å². The van der Waals surface area contributed by atoms with E-state index in [2.05, 4.69) is 39.6 Å². The molecule has 0 bridgehead atoms. The molecule has 1 atom stereocenters. The molecule has 2 saturated heterocycles. The van der Waals surface area contributed by atoms with E-state index in [-0.39, 0.29) is 0 Å². The summed E-state index contributed by atoms with van der Waals surface area (Å²) in [6, 6.07) is 13.6. The third kappa shape index (κ3) is 3.70. The smallest absolute Gasteiger partial charge is 0.131 e. The van der Waals surface area contributed by atoms with Crippen LogP contribution in [0.25, 0.3) is 22.3 Å². The van der Waals surface area contributed by atoms with E-state index in [1.807, 2.05) is 18.3 Å². The Morgan fingerprint density at radius 2 is 1.75 bits per heavy atom. The fourth-order valence-electron chi connectivity index (χ4n) is 5.53. The summed E-state index contributed by atoms with van der Waals surface area (Å²) in [5.41, 5.74) is 14.1. The Morgan fingerprint density at radius 1 is 0.938 bits per heavy atom. The molecule has 1 aromatic carbocycles.